The molecule has 10 heteroatoms. The van der Waals surface area contributed by atoms with Gasteiger partial charge in [0.25, 0.3) is 0 Å². The van der Waals surface area contributed by atoms with Gasteiger partial charge >= 0.3 is 0 Å². The van der Waals surface area contributed by atoms with Crippen LogP contribution in [-0.2, 0) is 10.0 Å². The second-order valence-electron chi connectivity index (χ2n) is 4.84. The monoisotopic (exact) mass is 401 g/mol. The molecule has 0 aliphatic heterocycles. The number of hydrogen-bond donors (Lipinski definition) is 3. The summed E-state index contributed by atoms with van der Waals surface area (Å²) < 4.78 is 32.9. The lowest BCUT2D eigenvalue weighted by molar-refractivity contribution is 0.396. The Hall–Kier alpha value is -2.07. The van der Waals surface area contributed by atoms with Crippen LogP contribution in [0.1, 0.15) is 0 Å². The van der Waals surface area contributed by atoms with Crippen molar-refractivity contribution in [1.82, 2.24) is 0 Å². The Morgan fingerprint density at radius 2 is 1.68 bits per heavy atom. The van der Waals surface area contributed by atoms with Gasteiger partial charge in [-0.15, -0.1) is 0 Å². The maximum atomic E-state index is 11.2. The average molecular weight is 402 g/mol. The second-order valence-corrected chi connectivity index (χ2v) is 7.21. The van der Waals surface area contributed by atoms with Gasteiger partial charge in [0.1, 0.15) is 11.5 Å². The molecule has 0 aliphatic carbocycles. The molecule has 0 saturated heterocycles. The molecular weight excluding hydrogens is 386 g/mol. The van der Waals surface area contributed by atoms with E-state index in [1.165, 1.54) is 26.4 Å². The largest absolute Gasteiger partial charge is 0.495 e. The van der Waals surface area contributed by atoms with E-state index in [9.17, 15) is 8.42 Å². The maximum Gasteiger partial charge on any atom is 0.238 e. The van der Waals surface area contributed by atoms with E-state index < -0.39 is 10.0 Å². The molecule has 0 bridgehead atoms. The number of ether oxygens (including phenoxy) is 2. The Bertz CT molecular complexity index is 886. The molecule has 134 valence electrons. The number of benzene rings is 2. The lowest BCUT2D eigenvalue weighted by Crippen LogP contribution is -2.19. The molecule has 0 amide bonds. The van der Waals surface area contributed by atoms with E-state index in [1.807, 2.05) is 0 Å². The van der Waals surface area contributed by atoms with Crippen molar-refractivity contribution >= 4 is 50.3 Å². The van der Waals surface area contributed by atoms with Gasteiger partial charge in [-0.2, -0.15) is 0 Å². The molecule has 2 aromatic carbocycles. The van der Waals surface area contributed by atoms with Crippen molar-refractivity contribution < 1.29 is 17.9 Å². The average Bonchev–Trinajstić information content (AvgIpc) is 2.54. The molecule has 25 heavy (non-hydrogen) atoms. The zero-order valence-electron chi connectivity index (χ0n) is 13.4. The fraction of sp³-hybridized carbons (Fsp3) is 0.133. The van der Waals surface area contributed by atoms with Crippen LogP contribution in [0.4, 0.5) is 11.4 Å². The molecule has 2 aromatic rings. The van der Waals surface area contributed by atoms with Crippen molar-refractivity contribution in [2.75, 3.05) is 24.9 Å². The zero-order chi connectivity index (χ0) is 18.6. The number of hydrogen-bond acceptors (Lipinski definition) is 5. The van der Waals surface area contributed by atoms with Gasteiger partial charge in [0.2, 0.25) is 10.0 Å². The number of thiocarbonyl (C=S) groups is 1. The fourth-order valence-electron chi connectivity index (χ4n) is 1.97. The Labute approximate surface area is 156 Å². The van der Waals surface area contributed by atoms with Gasteiger partial charge in [0.15, 0.2) is 5.11 Å². The highest BCUT2D eigenvalue weighted by atomic mass is 35.5. The van der Waals surface area contributed by atoms with E-state index in [4.69, 9.17) is 38.4 Å². The van der Waals surface area contributed by atoms with Crippen LogP contribution < -0.4 is 25.2 Å². The molecule has 7 nitrogen and oxygen atoms in total. The molecule has 4 N–H and O–H groups in total. The van der Waals surface area contributed by atoms with Crippen LogP contribution in [0.5, 0.6) is 11.5 Å². The lowest BCUT2D eigenvalue weighted by Gasteiger charge is -2.15. The van der Waals surface area contributed by atoms with E-state index in [1.54, 1.807) is 24.3 Å². The van der Waals surface area contributed by atoms with Gasteiger partial charge < -0.3 is 20.1 Å². The highest BCUT2D eigenvalue weighted by Crippen LogP contribution is 2.35. The molecule has 0 unspecified atom stereocenters. The number of nitrogens with one attached hydrogen (secondary N) is 2. The lowest BCUT2D eigenvalue weighted by atomic mass is 10.2. The van der Waals surface area contributed by atoms with Crippen LogP contribution in [0, 0.1) is 0 Å². The minimum Gasteiger partial charge on any atom is -0.495 e. The smallest absolute Gasteiger partial charge is 0.238 e. The Balaban J connectivity index is 2.14. The third kappa shape index (κ3) is 4.95. The number of halogens is 1. The summed E-state index contributed by atoms with van der Waals surface area (Å²) in [7, 11) is -0.721. The van der Waals surface area contributed by atoms with Crippen LogP contribution in [0.3, 0.4) is 0 Å². The Kier molecular flexibility index (Phi) is 6.07. The first kappa shape index (κ1) is 19.3. The van der Waals surface area contributed by atoms with Crippen molar-refractivity contribution in [2.45, 2.75) is 4.90 Å². The summed E-state index contributed by atoms with van der Waals surface area (Å²) >= 11 is 11.4. The highest BCUT2D eigenvalue weighted by Gasteiger charge is 2.12. The predicted molar refractivity (Wildman–Crippen MR) is 102 cm³/mol. The molecule has 0 radical (unpaired) electrons. The summed E-state index contributed by atoms with van der Waals surface area (Å²) in [6, 6.07) is 9.11. The first-order chi connectivity index (χ1) is 11.7. The van der Waals surface area contributed by atoms with Gasteiger partial charge in [0.05, 0.1) is 29.8 Å². The van der Waals surface area contributed by atoms with E-state index in [0.29, 0.717) is 27.9 Å². The van der Waals surface area contributed by atoms with Crippen LogP contribution in [-0.4, -0.2) is 27.7 Å². The normalized spacial score (nSPS) is 10.9. The van der Waals surface area contributed by atoms with Crippen LogP contribution in [0.25, 0.3) is 0 Å². The van der Waals surface area contributed by atoms with E-state index in [2.05, 4.69) is 10.6 Å². The van der Waals surface area contributed by atoms with Crippen LogP contribution in [0.15, 0.2) is 41.3 Å². The summed E-state index contributed by atoms with van der Waals surface area (Å²) in [5.74, 6) is 0.969. The van der Waals surface area contributed by atoms with Crippen molar-refractivity contribution in [1.29, 1.82) is 0 Å². The van der Waals surface area contributed by atoms with Gasteiger partial charge in [-0.25, -0.2) is 13.6 Å². The Morgan fingerprint density at radius 1 is 1.08 bits per heavy atom. The minimum atomic E-state index is -3.74. The third-order valence-electron chi connectivity index (χ3n) is 3.16. The molecule has 2 rings (SSSR count). The number of rotatable bonds is 5. The molecular formula is C15H16ClN3O4S2. The number of nitrogens with two attached hydrogens (primary N) is 1. The minimum absolute atomic E-state index is 0.0144. The third-order valence-corrected chi connectivity index (χ3v) is 4.59. The SMILES string of the molecule is COc1cc(OC)c(NC(=S)Nc2ccc(S(N)(=O)=O)cc2)cc1Cl. The van der Waals surface area contributed by atoms with E-state index in [-0.39, 0.29) is 10.0 Å². The summed E-state index contributed by atoms with van der Waals surface area (Å²) in [4.78, 5) is 0.0144. The number of anilines is 2. The first-order valence-electron chi connectivity index (χ1n) is 6.87. The Morgan fingerprint density at radius 3 is 2.20 bits per heavy atom. The zero-order valence-corrected chi connectivity index (χ0v) is 15.8. The molecule has 0 heterocycles. The highest BCUT2D eigenvalue weighted by molar-refractivity contribution is 7.89. The quantitative estimate of drug-likeness (QED) is 0.662. The van der Waals surface area contributed by atoms with Crippen molar-refractivity contribution in [3.8, 4) is 11.5 Å². The summed E-state index contributed by atoms with van der Waals surface area (Å²) in [6.45, 7) is 0. The summed E-state index contributed by atoms with van der Waals surface area (Å²) in [6.07, 6.45) is 0. The topological polar surface area (TPSA) is 103 Å². The van der Waals surface area contributed by atoms with E-state index in [0.717, 1.165) is 0 Å². The van der Waals surface area contributed by atoms with Gasteiger partial charge in [-0.05, 0) is 42.5 Å². The van der Waals surface area contributed by atoms with Crippen molar-refractivity contribution in [3.05, 3.63) is 41.4 Å². The predicted octanol–water partition coefficient (Wildman–Crippen LogP) is 2.81. The summed E-state index contributed by atoms with van der Waals surface area (Å²) in [5, 5.41) is 11.6. The van der Waals surface area contributed by atoms with Crippen molar-refractivity contribution in [2.24, 2.45) is 5.14 Å². The fourth-order valence-corrected chi connectivity index (χ4v) is 2.95. The number of primary sulfonamides is 1. The molecule has 0 aromatic heterocycles. The molecule has 0 atom stereocenters. The van der Waals surface area contributed by atoms with Crippen molar-refractivity contribution in [3.63, 3.8) is 0 Å². The van der Waals surface area contributed by atoms with E-state index >= 15 is 0 Å². The van der Waals surface area contributed by atoms with Crippen LogP contribution in [0.2, 0.25) is 5.02 Å². The molecule has 0 saturated carbocycles. The summed E-state index contributed by atoms with van der Waals surface area (Å²) in [5.41, 5.74) is 1.13. The number of sulfonamides is 1. The number of methoxy groups -OCH3 is 2. The van der Waals surface area contributed by atoms with Crippen LogP contribution >= 0.6 is 23.8 Å². The molecule has 0 aliphatic rings. The van der Waals surface area contributed by atoms with Gasteiger partial charge in [0, 0.05) is 11.8 Å². The molecule has 0 spiro atoms. The molecule has 0 fully saturated rings. The van der Waals surface area contributed by atoms with Gasteiger partial charge in [-0.3, -0.25) is 0 Å². The van der Waals surface area contributed by atoms with Gasteiger partial charge in [-0.1, -0.05) is 11.6 Å². The second kappa shape index (κ2) is 7.87. The maximum absolute atomic E-state index is 11.2. The first-order valence-corrected chi connectivity index (χ1v) is 9.20. The standard InChI is InChI=1S/C15H16ClN3O4S2/c1-22-13-8-14(23-2)12(7-11(13)16)19-15(24)18-9-3-5-10(6-4-9)25(17,20)21/h3-8H,1-2H3,(H2,17,20,21)(H2,18,19,24).